The van der Waals surface area contributed by atoms with Crippen LogP contribution in [0.4, 0.5) is 5.69 Å². The van der Waals surface area contributed by atoms with Crippen molar-refractivity contribution in [1.82, 2.24) is 4.90 Å². The molecule has 1 aliphatic rings. The third kappa shape index (κ3) is 6.61. The zero-order chi connectivity index (χ0) is 21.5. The van der Waals surface area contributed by atoms with E-state index >= 15 is 0 Å². The molecule has 0 aliphatic carbocycles. The van der Waals surface area contributed by atoms with Crippen LogP contribution in [-0.4, -0.2) is 35.6 Å². The van der Waals surface area contributed by atoms with Gasteiger partial charge in [-0.15, -0.1) is 0 Å². The van der Waals surface area contributed by atoms with Crippen LogP contribution in [-0.2, 0) is 0 Å². The Labute approximate surface area is 186 Å². The van der Waals surface area contributed by atoms with E-state index < -0.39 is 0 Å². The fourth-order valence-electron chi connectivity index (χ4n) is 4.05. The number of carbonyl (C=O) groups excluding carboxylic acids is 1. The number of ketones is 1. The number of hydrogen-bond acceptors (Lipinski definition) is 4. The van der Waals surface area contributed by atoms with Gasteiger partial charge in [-0.25, -0.2) is 0 Å². The Hall–Kier alpha value is -1.78. The van der Waals surface area contributed by atoms with Gasteiger partial charge in [-0.3, -0.25) is 4.79 Å². The molecule has 1 saturated heterocycles. The topological polar surface area (TPSA) is 32.3 Å². The molecule has 0 amide bonds. The number of piperidine rings is 1. The van der Waals surface area contributed by atoms with Gasteiger partial charge in [0.25, 0.3) is 0 Å². The van der Waals surface area contributed by atoms with Crippen LogP contribution in [0.3, 0.4) is 0 Å². The molecule has 0 aromatic heterocycles. The third-order valence-corrected chi connectivity index (χ3v) is 6.89. The first-order chi connectivity index (χ1) is 14.4. The minimum absolute atomic E-state index is 0.275. The predicted octanol–water partition coefficient (Wildman–Crippen LogP) is 6.61. The number of benzene rings is 2. The minimum atomic E-state index is 0.275. The van der Waals surface area contributed by atoms with E-state index in [1.54, 1.807) is 11.9 Å². The molecule has 30 heavy (non-hydrogen) atoms. The molecular weight excluding hydrogens is 388 g/mol. The van der Waals surface area contributed by atoms with Crippen LogP contribution in [0.1, 0.15) is 72.5 Å². The van der Waals surface area contributed by atoms with Crippen LogP contribution in [0.5, 0.6) is 0 Å². The van der Waals surface area contributed by atoms with Gasteiger partial charge in [0.15, 0.2) is 5.78 Å². The van der Waals surface area contributed by atoms with Gasteiger partial charge in [0, 0.05) is 22.9 Å². The molecule has 0 bridgehead atoms. The van der Waals surface area contributed by atoms with E-state index in [-0.39, 0.29) is 5.78 Å². The number of anilines is 1. The van der Waals surface area contributed by atoms with Crippen molar-refractivity contribution < 1.29 is 4.79 Å². The normalized spacial score (nSPS) is 15.5. The molecule has 2 aromatic carbocycles. The van der Waals surface area contributed by atoms with Gasteiger partial charge < -0.3 is 9.62 Å². The summed E-state index contributed by atoms with van der Waals surface area (Å²) in [7, 11) is 0. The lowest BCUT2D eigenvalue weighted by molar-refractivity contribution is 0.0972. The van der Waals surface area contributed by atoms with Crippen LogP contribution in [0, 0.1) is 13.8 Å². The highest BCUT2D eigenvalue weighted by Crippen LogP contribution is 2.30. The predicted molar refractivity (Wildman–Crippen MR) is 131 cm³/mol. The number of hydrogen-bond donors (Lipinski definition) is 1. The molecule has 0 saturated carbocycles. The summed E-state index contributed by atoms with van der Waals surface area (Å²) in [5.41, 5.74) is 5.97. The molecular formula is C26H36N2OS. The third-order valence-electron chi connectivity index (χ3n) is 6.07. The zero-order valence-corrected chi connectivity index (χ0v) is 19.7. The van der Waals surface area contributed by atoms with E-state index in [9.17, 15) is 4.79 Å². The summed E-state index contributed by atoms with van der Waals surface area (Å²) in [6.07, 6.45) is 3.99. The van der Waals surface area contributed by atoms with Crippen LogP contribution in [0.25, 0.3) is 0 Å². The number of aryl methyl sites for hydroxylation is 2. The molecule has 2 aromatic rings. The zero-order valence-electron chi connectivity index (χ0n) is 18.9. The Bertz CT molecular complexity index is 841. The average molecular weight is 425 g/mol. The van der Waals surface area contributed by atoms with E-state index in [0.717, 1.165) is 31.6 Å². The standard InChI is InChI=1S/C26H36N2OS/c1-19(2)30-27-25-8-5-7-23(18-25)22-12-15-28(16-13-22)14-6-9-26(29)24-11-10-20(3)21(4)17-24/h5,7-8,10-11,17-19,22,27H,6,9,12-16H2,1-4H3. The summed E-state index contributed by atoms with van der Waals surface area (Å²) >= 11 is 1.77. The van der Waals surface area contributed by atoms with Gasteiger partial charge in [0.1, 0.15) is 0 Å². The summed E-state index contributed by atoms with van der Waals surface area (Å²) in [6, 6.07) is 15.0. The second-order valence-electron chi connectivity index (χ2n) is 8.84. The SMILES string of the molecule is Cc1ccc(C(=O)CCCN2CCC(c3cccc(NSC(C)C)c3)CC2)cc1C. The van der Waals surface area contributed by atoms with E-state index in [2.05, 4.69) is 67.6 Å². The van der Waals surface area contributed by atoms with E-state index in [0.29, 0.717) is 17.6 Å². The summed E-state index contributed by atoms with van der Waals surface area (Å²) < 4.78 is 3.47. The molecule has 0 spiro atoms. The Morgan fingerprint density at radius 2 is 1.87 bits per heavy atom. The maximum Gasteiger partial charge on any atom is 0.162 e. The summed E-state index contributed by atoms with van der Waals surface area (Å²) in [5, 5.41) is 0.568. The first-order valence-electron chi connectivity index (χ1n) is 11.3. The van der Waals surface area contributed by atoms with Crippen molar-refractivity contribution in [1.29, 1.82) is 0 Å². The average Bonchev–Trinajstić information content (AvgIpc) is 2.75. The minimum Gasteiger partial charge on any atom is -0.330 e. The molecule has 1 heterocycles. The molecule has 1 fully saturated rings. The highest BCUT2D eigenvalue weighted by Gasteiger charge is 2.21. The van der Waals surface area contributed by atoms with Crippen molar-refractivity contribution in [2.45, 2.75) is 64.5 Å². The Morgan fingerprint density at radius 3 is 2.57 bits per heavy atom. The Kier molecular flexibility index (Phi) is 8.41. The van der Waals surface area contributed by atoms with Crippen molar-refractivity contribution in [3.8, 4) is 0 Å². The van der Waals surface area contributed by atoms with E-state index in [1.807, 2.05) is 12.1 Å². The number of rotatable bonds is 9. The Morgan fingerprint density at radius 1 is 1.10 bits per heavy atom. The smallest absolute Gasteiger partial charge is 0.162 e. The van der Waals surface area contributed by atoms with Crippen molar-refractivity contribution >= 4 is 23.4 Å². The van der Waals surface area contributed by atoms with Gasteiger partial charge >= 0.3 is 0 Å². The molecule has 3 rings (SSSR count). The monoisotopic (exact) mass is 424 g/mol. The van der Waals surface area contributed by atoms with Crippen LogP contribution in [0.2, 0.25) is 0 Å². The van der Waals surface area contributed by atoms with Gasteiger partial charge in [-0.05, 0) is 105 Å². The molecule has 0 unspecified atom stereocenters. The highest BCUT2D eigenvalue weighted by atomic mass is 32.2. The second kappa shape index (κ2) is 11.0. The van der Waals surface area contributed by atoms with Crippen molar-refractivity contribution in [2.75, 3.05) is 24.4 Å². The number of nitrogens with one attached hydrogen (secondary N) is 1. The molecule has 1 N–H and O–H groups in total. The van der Waals surface area contributed by atoms with Crippen LogP contribution >= 0.6 is 11.9 Å². The Balaban J connectivity index is 1.42. The number of carbonyl (C=O) groups is 1. The molecule has 1 aliphatic heterocycles. The molecule has 0 atom stereocenters. The van der Waals surface area contributed by atoms with Gasteiger partial charge in [0.2, 0.25) is 0 Å². The molecule has 3 nitrogen and oxygen atoms in total. The summed E-state index contributed by atoms with van der Waals surface area (Å²) in [6.45, 7) is 11.8. The summed E-state index contributed by atoms with van der Waals surface area (Å²) in [5.74, 6) is 0.917. The maximum atomic E-state index is 12.5. The van der Waals surface area contributed by atoms with Gasteiger partial charge in [-0.1, -0.05) is 38.1 Å². The van der Waals surface area contributed by atoms with Crippen molar-refractivity contribution in [2.24, 2.45) is 0 Å². The quantitative estimate of drug-likeness (QED) is 0.362. The lowest BCUT2D eigenvalue weighted by Crippen LogP contribution is -2.33. The number of Topliss-reactive ketones (excluding diaryl/α,β-unsaturated/α-hetero) is 1. The summed E-state index contributed by atoms with van der Waals surface area (Å²) in [4.78, 5) is 15.0. The van der Waals surface area contributed by atoms with Crippen LogP contribution in [0.15, 0.2) is 42.5 Å². The van der Waals surface area contributed by atoms with Crippen molar-refractivity contribution in [3.63, 3.8) is 0 Å². The molecule has 4 heteroatoms. The largest absolute Gasteiger partial charge is 0.330 e. The second-order valence-corrected chi connectivity index (χ2v) is 10.2. The fraction of sp³-hybridized carbons (Fsp3) is 0.500. The lowest BCUT2D eigenvalue weighted by Gasteiger charge is -2.32. The number of nitrogens with zero attached hydrogens (tertiary/aromatic N) is 1. The fourth-order valence-corrected chi connectivity index (χ4v) is 4.55. The first kappa shape index (κ1) is 22.9. The van der Waals surface area contributed by atoms with E-state index in [4.69, 9.17) is 0 Å². The lowest BCUT2D eigenvalue weighted by atomic mass is 9.89. The van der Waals surface area contributed by atoms with Gasteiger partial charge in [0.05, 0.1) is 0 Å². The maximum absolute atomic E-state index is 12.5. The van der Waals surface area contributed by atoms with Crippen LogP contribution < -0.4 is 4.72 Å². The van der Waals surface area contributed by atoms with Crippen molar-refractivity contribution in [3.05, 3.63) is 64.7 Å². The molecule has 162 valence electrons. The highest BCUT2D eigenvalue weighted by molar-refractivity contribution is 8.01. The van der Waals surface area contributed by atoms with E-state index in [1.165, 1.54) is 35.2 Å². The first-order valence-corrected chi connectivity index (χ1v) is 12.1. The molecule has 0 radical (unpaired) electrons. The number of likely N-dealkylation sites (tertiary alicyclic amines) is 1. The van der Waals surface area contributed by atoms with Gasteiger partial charge in [-0.2, -0.15) is 0 Å².